The molecule has 1 fully saturated rings. The summed E-state index contributed by atoms with van der Waals surface area (Å²) >= 11 is 0. The maximum atomic E-state index is 5.90. The molecule has 1 heterocycles. The molecule has 0 aliphatic carbocycles. The Morgan fingerprint density at radius 2 is 1.71 bits per heavy atom. The highest BCUT2D eigenvalue weighted by atomic mass is 16.5. The van der Waals surface area contributed by atoms with Crippen molar-refractivity contribution < 1.29 is 4.74 Å². The molecular weight excluding hydrogens is 174 g/mol. The lowest BCUT2D eigenvalue weighted by Gasteiger charge is -2.29. The number of hydrogen-bond acceptors (Lipinski definition) is 2. The van der Waals surface area contributed by atoms with Crippen molar-refractivity contribution in [3.8, 4) is 5.75 Å². The Labute approximate surface area is 85.3 Å². The van der Waals surface area contributed by atoms with Crippen LogP contribution in [0.3, 0.4) is 0 Å². The summed E-state index contributed by atoms with van der Waals surface area (Å²) in [7, 11) is 0. The summed E-state index contributed by atoms with van der Waals surface area (Å²) in [6, 6.07) is 4.35. The van der Waals surface area contributed by atoms with E-state index in [1.165, 1.54) is 16.7 Å². The van der Waals surface area contributed by atoms with E-state index in [4.69, 9.17) is 4.74 Å². The molecule has 0 aromatic heterocycles. The number of benzene rings is 1. The third-order valence-electron chi connectivity index (χ3n) is 2.63. The minimum absolute atomic E-state index is 0.370. The fourth-order valence-corrected chi connectivity index (χ4v) is 1.86. The SMILES string of the molecule is Cc1cc(C)c(OC2CNC2)c(C)c1. The third kappa shape index (κ3) is 1.75. The lowest BCUT2D eigenvalue weighted by Crippen LogP contribution is -2.50. The summed E-state index contributed by atoms with van der Waals surface area (Å²) in [5.74, 6) is 1.07. The molecule has 0 amide bonds. The normalized spacial score (nSPS) is 16.5. The smallest absolute Gasteiger partial charge is 0.125 e. The number of hydrogen-bond donors (Lipinski definition) is 1. The largest absolute Gasteiger partial charge is 0.487 e. The summed E-state index contributed by atoms with van der Waals surface area (Å²) < 4.78 is 5.90. The Bertz CT molecular complexity index is 319. The summed E-state index contributed by atoms with van der Waals surface area (Å²) in [4.78, 5) is 0. The van der Waals surface area contributed by atoms with Gasteiger partial charge in [0.1, 0.15) is 11.9 Å². The molecule has 2 heteroatoms. The van der Waals surface area contributed by atoms with Gasteiger partial charge < -0.3 is 10.1 Å². The van der Waals surface area contributed by atoms with Crippen LogP contribution in [0.1, 0.15) is 16.7 Å². The third-order valence-corrected chi connectivity index (χ3v) is 2.63. The van der Waals surface area contributed by atoms with E-state index in [0.29, 0.717) is 6.10 Å². The lowest BCUT2D eigenvalue weighted by molar-refractivity contribution is 0.140. The fourth-order valence-electron chi connectivity index (χ4n) is 1.86. The Balaban J connectivity index is 2.22. The molecule has 1 N–H and O–H groups in total. The highest BCUT2D eigenvalue weighted by Gasteiger charge is 2.19. The van der Waals surface area contributed by atoms with Gasteiger partial charge in [0.15, 0.2) is 0 Å². The molecule has 0 atom stereocenters. The fraction of sp³-hybridized carbons (Fsp3) is 0.500. The number of ether oxygens (including phenoxy) is 1. The van der Waals surface area contributed by atoms with Gasteiger partial charge in [0, 0.05) is 13.1 Å². The van der Waals surface area contributed by atoms with Crippen LogP contribution in [0.15, 0.2) is 12.1 Å². The van der Waals surface area contributed by atoms with Gasteiger partial charge in [-0.15, -0.1) is 0 Å². The highest BCUT2D eigenvalue weighted by Crippen LogP contribution is 2.26. The average molecular weight is 191 g/mol. The van der Waals surface area contributed by atoms with Crippen molar-refractivity contribution in [3.63, 3.8) is 0 Å². The average Bonchev–Trinajstić information content (AvgIpc) is 1.98. The summed E-state index contributed by atoms with van der Waals surface area (Å²) in [6.07, 6.45) is 0.370. The Kier molecular flexibility index (Phi) is 2.46. The van der Waals surface area contributed by atoms with Crippen LogP contribution in [0.5, 0.6) is 5.75 Å². The molecule has 1 aromatic rings. The minimum Gasteiger partial charge on any atom is -0.487 e. The second kappa shape index (κ2) is 3.62. The first-order valence-electron chi connectivity index (χ1n) is 5.12. The van der Waals surface area contributed by atoms with Crippen LogP contribution < -0.4 is 10.1 Å². The van der Waals surface area contributed by atoms with Crippen LogP contribution in [0.2, 0.25) is 0 Å². The van der Waals surface area contributed by atoms with Gasteiger partial charge in [0.05, 0.1) is 0 Å². The molecule has 2 rings (SSSR count). The van der Waals surface area contributed by atoms with Crippen molar-refractivity contribution >= 4 is 0 Å². The molecule has 0 bridgehead atoms. The van der Waals surface area contributed by atoms with E-state index in [-0.39, 0.29) is 0 Å². The van der Waals surface area contributed by atoms with E-state index in [9.17, 15) is 0 Å². The van der Waals surface area contributed by atoms with Crippen molar-refractivity contribution in [1.82, 2.24) is 5.32 Å². The zero-order valence-electron chi connectivity index (χ0n) is 9.05. The van der Waals surface area contributed by atoms with Crippen LogP contribution in [0.4, 0.5) is 0 Å². The molecule has 1 aliphatic rings. The molecule has 0 spiro atoms. The molecule has 1 saturated heterocycles. The first kappa shape index (κ1) is 9.53. The zero-order chi connectivity index (χ0) is 10.1. The van der Waals surface area contributed by atoms with Gasteiger partial charge in [-0.25, -0.2) is 0 Å². The molecule has 76 valence electrons. The summed E-state index contributed by atoms with van der Waals surface area (Å²) in [5, 5.41) is 3.21. The van der Waals surface area contributed by atoms with Gasteiger partial charge in [-0.1, -0.05) is 17.7 Å². The first-order chi connectivity index (χ1) is 6.66. The van der Waals surface area contributed by atoms with Gasteiger partial charge in [-0.05, 0) is 31.9 Å². The van der Waals surface area contributed by atoms with E-state index in [0.717, 1.165) is 18.8 Å². The van der Waals surface area contributed by atoms with Crippen molar-refractivity contribution in [2.24, 2.45) is 0 Å². The van der Waals surface area contributed by atoms with E-state index in [1.807, 2.05) is 0 Å². The van der Waals surface area contributed by atoms with E-state index >= 15 is 0 Å². The van der Waals surface area contributed by atoms with Gasteiger partial charge in [0.2, 0.25) is 0 Å². The predicted molar refractivity (Wildman–Crippen MR) is 57.9 cm³/mol. The van der Waals surface area contributed by atoms with Gasteiger partial charge in [-0.2, -0.15) is 0 Å². The van der Waals surface area contributed by atoms with Crippen LogP contribution >= 0.6 is 0 Å². The van der Waals surface area contributed by atoms with Gasteiger partial charge in [0.25, 0.3) is 0 Å². The summed E-state index contributed by atoms with van der Waals surface area (Å²) in [6.45, 7) is 8.30. The molecular formula is C12H17NO. The number of rotatable bonds is 2. The zero-order valence-corrected chi connectivity index (χ0v) is 9.05. The molecule has 14 heavy (non-hydrogen) atoms. The lowest BCUT2D eigenvalue weighted by atomic mass is 10.1. The second-order valence-corrected chi connectivity index (χ2v) is 4.13. The molecule has 2 nitrogen and oxygen atoms in total. The highest BCUT2D eigenvalue weighted by molar-refractivity contribution is 5.43. The minimum atomic E-state index is 0.370. The van der Waals surface area contributed by atoms with Crippen LogP contribution in [0, 0.1) is 20.8 Å². The van der Waals surface area contributed by atoms with Crippen molar-refractivity contribution in [2.45, 2.75) is 26.9 Å². The molecule has 1 aromatic carbocycles. The topological polar surface area (TPSA) is 21.3 Å². The van der Waals surface area contributed by atoms with Crippen molar-refractivity contribution in [3.05, 3.63) is 28.8 Å². The predicted octanol–water partition coefficient (Wildman–Crippen LogP) is 1.96. The number of aryl methyl sites for hydroxylation is 3. The van der Waals surface area contributed by atoms with Crippen LogP contribution in [-0.4, -0.2) is 19.2 Å². The standard InChI is InChI=1S/C12H17NO/c1-8-4-9(2)12(10(3)5-8)14-11-6-13-7-11/h4-5,11,13H,6-7H2,1-3H3. The number of nitrogens with one attached hydrogen (secondary N) is 1. The second-order valence-electron chi connectivity index (χ2n) is 4.13. The van der Waals surface area contributed by atoms with Crippen LogP contribution in [-0.2, 0) is 0 Å². The Morgan fingerprint density at radius 3 is 2.14 bits per heavy atom. The Hall–Kier alpha value is -1.02. The van der Waals surface area contributed by atoms with Gasteiger partial charge in [-0.3, -0.25) is 0 Å². The van der Waals surface area contributed by atoms with Crippen LogP contribution in [0.25, 0.3) is 0 Å². The van der Waals surface area contributed by atoms with E-state index in [2.05, 4.69) is 38.2 Å². The maximum Gasteiger partial charge on any atom is 0.125 e. The molecule has 1 aliphatic heterocycles. The summed E-state index contributed by atoms with van der Waals surface area (Å²) in [5.41, 5.74) is 3.79. The maximum absolute atomic E-state index is 5.90. The molecule has 0 saturated carbocycles. The molecule has 0 unspecified atom stereocenters. The first-order valence-corrected chi connectivity index (χ1v) is 5.12. The van der Waals surface area contributed by atoms with E-state index in [1.54, 1.807) is 0 Å². The monoisotopic (exact) mass is 191 g/mol. The van der Waals surface area contributed by atoms with Crippen molar-refractivity contribution in [1.29, 1.82) is 0 Å². The quantitative estimate of drug-likeness (QED) is 0.771. The van der Waals surface area contributed by atoms with Gasteiger partial charge >= 0.3 is 0 Å². The van der Waals surface area contributed by atoms with E-state index < -0.39 is 0 Å². The van der Waals surface area contributed by atoms with Crippen molar-refractivity contribution in [2.75, 3.05) is 13.1 Å². The Morgan fingerprint density at radius 1 is 1.14 bits per heavy atom. The molecule has 0 radical (unpaired) electrons.